The number of carboxylic acids is 1. The van der Waals surface area contributed by atoms with E-state index in [2.05, 4.69) is 0 Å². The maximum absolute atomic E-state index is 11.5. The van der Waals surface area contributed by atoms with E-state index in [1.165, 1.54) is 27.2 Å². The summed E-state index contributed by atoms with van der Waals surface area (Å²) in [5.41, 5.74) is 9.59. The third-order valence-electron chi connectivity index (χ3n) is 3.34. The summed E-state index contributed by atoms with van der Waals surface area (Å²) in [6.45, 7) is 1.19. The molecule has 0 aliphatic rings. The lowest BCUT2D eigenvalue weighted by molar-refractivity contribution is -0.155. The molecule has 1 unspecified atom stereocenters. The molecular weight excluding hydrogens is 264 g/mol. The Kier molecular flexibility index (Phi) is 4.57. The van der Waals surface area contributed by atoms with Crippen molar-refractivity contribution in [1.82, 2.24) is 0 Å². The molecule has 0 spiro atoms. The van der Waals surface area contributed by atoms with Crippen LogP contribution in [0.4, 0.5) is 0 Å². The maximum atomic E-state index is 11.5. The van der Waals surface area contributed by atoms with E-state index < -0.39 is 23.3 Å². The summed E-state index contributed by atoms with van der Waals surface area (Å²) in [4.78, 5) is 22.8. The van der Waals surface area contributed by atoms with Crippen molar-refractivity contribution in [2.24, 2.45) is 16.9 Å². The number of primary amides is 1. The second-order valence-electron chi connectivity index (χ2n) is 4.46. The zero-order valence-corrected chi connectivity index (χ0v) is 11.5. The van der Waals surface area contributed by atoms with Crippen molar-refractivity contribution >= 4 is 11.9 Å². The molecule has 0 bridgehead atoms. The van der Waals surface area contributed by atoms with Crippen LogP contribution in [0.1, 0.15) is 18.5 Å². The molecule has 0 aliphatic carbocycles. The average Bonchev–Trinajstić information content (AvgIpc) is 2.44. The van der Waals surface area contributed by atoms with Crippen LogP contribution >= 0.6 is 0 Å². The minimum Gasteiger partial charge on any atom is -0.493 e. The van der Waals surface area contributed by atoms with Crippen LogP contribution in [0.25, 0.3) is 0 Å². The Balaban J connectivity index is 3.29. The summed E-state index contributed by atoms with van der Waals surface area (Å²) in [5, 5.41) is 9.23. The van der Waals surface area contributed by atoms with Gasteiger partial charge in [0.2, 0.25) is 5.91 Å². The van der Waals surface area contributed by atoms with Gasteiger partial charge in [0.15, 0.2) is 16.9 Å². The molecule has 2 atom stereocenters. The van der Waals surface area contributed by atoms with Crippen molar-refractivity contribution in [2.75, 3.05) is 14.2 Å². The van der Waals surface area contributed by atoms with Gasteiger partial charge in [-0.2, -0.15) is 0 Å². The van der Waals surface area contributed by atoms with Gasteiger partial charge >= 0.3 is 5.97 Å². The molecule has 0 fully saturated rings. The number of carbonyl (C=O) groups excluding carboxylic acids is 1. The highest BCUT2D eigenvalue weighted by atomic mass is 16.5. The molecule has 0 aromatic heterocycles. The van der Waals surface area contributed by atoms with Crippen LogP contribution in [0.15, 0.2) is 18.2 Å². The van der Waals surface area contributed by atoms with Gasteiger partial charge in [-0.25, -0.2) is 0 Å². The minimum absolute atomic E-state index is 0.387. The lowest BCUT2D eigenvalue weighted by Gasteiger charge is -2.28. The van der Waals surface area contributed by atoms with Crippen molar-refractivity contribution < 1.29 is 24.2 Å². The highest BCUT2D eigenvalue weighted by molar-refractivity contribution is 6.01. The number of methoxy groups -OCH3 is 2. The highest BCUT2D eigenvalue weighted by Gasteiger charge is 2.46. The zero-order chi connectivity index (χ0) is 15.5. The maximum Gasteiger partial charge on any atom is 0.320 e. The van der Waals surface area contributed by atoms with E-state index >= 15 is 0 Å². The van der Waals surface area contributed by atoms with Gasteiger partial charge in [-0.05, 0) is 24.6 Å². The molecule has 110 valence electrons. The molecule has 5 N–H and O–H groups in total. The lowest BCUT2D eigenvalue weighted by Crippen LogP contribution is -2.49. The Morgan fingerprint density at radius 3 is 2.20 bits per heavy atom. The van der Waals surface area contributed by atoms with Gasteiger partial charge in [0, 0.05) is 0 Å². The molecule has 0 aliphatic heterocycles. The van der Waals surface area contributed by atoms with Crippen LogP contribution in [-0.4, -0.2) is 31.2 Å². The fraction of sp³-hybridized carbons (Fsp3) is 0.385. The summed E-state index contributed by atoms with van der Waals surface area (Å²) >= 11 is 0. The number of aliphatic carboxylic acids is 1. The number of carbonyl (C=O) groups is 2. The Morgan fingerprint density at radius 1 is 1.25 bits per heavy atom. The number of hydrogen-bond donors (Lipinski definition) is 3. The highest BCUT2D eigenvalue weighted by Crippen LogP contribution is 2.36. The number of amides is 1. The third kappa shape index (κ3) is 2.53. The Bertz CT molecular complexity index is 515. The van der Waals surface area contributed by atoms with Crippen molar-refractivity contribution in [2.45, 2.75) is 13.0 Å². The number of carboxylic acid groups (broad SMARTS) is 1. The van der Waals surface area contributed by atoms with Gasteiger partial charge < -0.3 is 26.0 Å². The van der Waals surface area contributed by atoms with Crippen LogP contribution < -0.4 is 20.9 Å². The zero-order valence-electron chi connectivity index (χ0n) is 11.5. The van der Waals surface area contributed by atoms with Gasteiger partial charge in [0.05, 0.1) is 20.3 Å². The van der Waals surface area contributed by atoms with E-state index in [-0.39, 0.29) is 0 Å². The quantitative estimate of drug-likeness (QED) is 0.643. The monoisotopic (exact) mass is 282 g/mol. The van der Waals surface area contributed by atoms with Crippen molar-refractivity contribution in [3.8, 4) is 11.5 Å². The molecule has 20 heavy (non-hydrogen) atoms. The van der Waals surface area contributed by atoms with Crippen molar-refractivity contribution in [1.29, 1.82) is 0 Å². The average molecular weight is 282 g/mol. The van der Waals surface area contributed by atoms with Crippen molar-refractivity contribution in [3.63, 3.8) is 0 Å². The Labute approximate surface area is 116 Å². The van der Waals surface area contributed by atoms with Crippen LogP contribution in [0, 0.1) is 5.41 Å². The van der Waals surface area contributed by atoms with E-state index in [0.29, 0.717) is 17.1 Å². The fourth-order valence-electron chi connectivity index (χ4n) is 1.77. The predicted molar refractivity (Wildman–Crippen MR) is 71.4 cm³/mol. The molecule has 1 amide bonds. The van der Waals surface area contributed by atoms with E-state index in [1.807, 2.05) is 0 Å². The van der Waals surface area contributed by atoms with Crippen LogP contribution in [0.3, 0.4) is 0 Å². The fourth-order valence-corrected chi connectivity index (χ4v) is 1.77. The standard InChI is InChI=1S/C13H18N2O5/c1-13(11(15)16,12(17)18)10(14)7-4-5-8(19-2)9(6-7)20-3/h4-6,10H,14H2,1-3H3,(H2,15,16)(H,17,18)/t10?,13-/m0/s1. The first-order valence-corrected chi connectivity index (χ1v) is 5.79. The van der Waals surface area contributed by atoms with Gasteiger partial charge in [-0.3, -0.25) is 9.59 Å². The number of benzene rings is 1. The smallest absolute Gasteiger partial charge is 0.320 e. The van der Waals surface area contributed by atoms with Gasteiger partial charge in [0.1, 0.15) is 0 Å². The molecule has 1 rings (SSSR count). The molecule has 1 aromatic rings. The number of hydrogen-bond acceptors (Lipinski definition) is 5. The minimum atomic E-state index is -1.92. The molecular formula is C13H18N2O5. The molecule has 7 nitrogen and oxygen atoms in total. The topological polar surface area (TPSA) is 125 Å². The van der Waals surface area contributed by atoms with E-state index in [9.17, 15) is 14.7 Å². The molecule has 0 saturated carbocycles. The normalized spacial score (nSPS) is 15.0. The number of ether oxygens (including phenoxy) is 2. The van der Waals surface area contributed by atoms with Gasteiger partial charge in [0.25, 0.3) is 0 Å². The lowest BCUT2D eigenvalue weighted by atomic mass is 9.78. The molecule has 0 saturated heterocycles. The second kappa shape index (κ2) is 5.79. The van der Waals surface area contributed by atoms with E-state index in [4.69, 9.17) is 20.9 Å². The molecule has 0 heterocycles. The Morgan fingerprint density at radius 2 is 1.80 bits per heavy atom. The van der Waals surface area contributed by atoms with Crippen LogP contribution in [-0.2, 0) is 9.59 Å². The second-order valence-corrected chi connectivity index (χ2v) is 4.46. The predicted octanol–water partition coefficient (Wildman–Crippen LogP) is 0.280. The van der Waals surface area contributed by atoms with Gasteiger partial charge in [-0.15, -0.1) is 0 Å². The van der Waals surface area contributed by atoms with Gasteiger partial charge in [-0.1, -0.05) is 6.07 Å². The summed E-state index contributed by atoms with van der Waals surface area (Å²) in [6, 6.07) is 3.55. The van der Waals surface area contributed by atoms with E-state index in [0.717, 1.165) is 0 Å². The molecule has 7 heteroatoms. The molecule has 1 aromatic carbocycles. The van der Waals surface area contributed by atoms with E-state index in [1.54, 1.807) is 12.1 Å². The first-order chi connectivity index (χ1) is 9.28. The summed E-state index contributed by atoms with van der Waals surface area (Å²) in [7, 11) is 2.92. The number of nitrogens with two attached hydrogens (primary N) is 2. The Hall–Kier alpha value is -2.28. The van der Waals surface area contributed by atoms with Crippen molar-refractivity contribution in [3.05, 3.63) is 23.8 Å². The first-order valence-electron chi connectivity index (χ1n) is 5.79. The first kappa shape index (κ1) is 15.8. The SMILES string of the molecule is COc1ccc(C(N)[C@@](C)(C(N)=O)C(=O)O)cc1OC. The van der Waals surface area contributed by atoms with Crippen LogP contribution in [0.5, 0.6) is 11.5 Å². The number of rotatable bonds is 6. The summed E-state index contributed by atoms with van der Waals surface area (Å²) < 4.78 is 10.2. The summed E-state index contributed by atoms with van der Waals surface area (Å²) in [6.07, 6.45) is 0. The largest absolute Gasteiger partial charge is 0.493 e. The third-order valence-corrected chi connectivity index (χ3v) is 3.34. The summed E-state index contributed by atoms with van der Waals surface area (Å²) in [5.74, 6) is -1.53. The molecule has 0 radical (unpaired) electrons. The van der Waals surface area contributed by atoms with Crippen LogP contribution in [0.2, 0.25) is 0 Å².